The highest BCUT2D eigenvalue weighted by molar-refractivity contribution is 6.42. The first kappa shape index (κ1) is 18.0. The molecule has 132 valence electrons. The molecule has 0 radical (unpaired) electrons. The number of likely N-dealkylation sites (tertiary alicyclic amines) is 1. The Hall–Kier alpha value is -1.85. The summed E-state index contributed by atoms with van der Waals surface area (Å²) in [7, 11) is 0. The molecule has 0 spiro atoms. The Kier molecular flexibility index (Phi) is 5.45. The van der Waals surface area contributed by atoms with Gasteiger partial charge in [0, 0.05) is 18.7 Å². The molecule has 1 fully saturated rings. The molecule has 0 aromatic heterocycles. The van der Waals surface area contributed by atoms with Gasteiger partial charge in [0.1, 0.15) is 0 Å². The van der Waals surface area contributed by atoms with Gasteiger partial charge in [-0.1, -0.05) is 35.4 Å². The first-order chi connectivity index (χ1) is 12.0. The van der Waals surface area contributed by atoms with Crippen LogP contribution in [0.5, 0.6) is 0 Å². The minimum atomic E-state index is -0.220. The van der Waals surface area contributed by atoms with Crippen LogP contribution in [0.25, 0.3) is 0 Å². The molecule has 2 atom stereocenters. The van der Waals surface area contributed by atoms with Crippen LogP contribution in [0.1, 0.15) is 25.7 Å². The van der Waals surface area contributed by atoms with Crippen LogP contribution >= 0.6 is 23.2 Å². The van der Waals surface area contributed by atoms with Crippen molar-refractivity contribution in [3.63, 3.8) is 0 Å². The molecule has 1 aromatic rings. The van der Waals surface area contributed by atoms with E-state index in [-0.39, 0.29) is 42.5 Å². The summed E-state index contributed by atoms with van der Waals surface area (Å²) in [5, 5.41) is 3.51. The fourth-order valence-electron chi connectivity index (χ4n) is 3.28. The highest BCUT2D eigenvalue weighted by Crippen LogP contribution is 2.35. The molecule has 3 rings (SSSR count). The van der Waals surface area contributed by atoms with Crippen molar-refractivity contribution in [1.29, 1.82) is 0 Å². The topological polar surface area (TPSA) is 66.5 Å². The fourth-order valence-corrected chi connectivity index (χ4v) is 3.58. The summed E-state index contributed by atoms with van der Waals surface area (Å²) < 4.78 is 0. The Morgan fingerprint density at radius 3 is 2.32 bits per heavy atom. The van der Waals surface area contributed by atoms with E-state index in [2.05, 4.69) is 5.32 Å². The van der Waals surface area contributed by atoms with E-state index < -0.39 is 0 Å². The summed E-state index contributed by atoms with van der Waals surface area (Å²) in [5.74, 6) is -0.852. The number of amides is 3. The van der Waals surface area contributed by atoms with Crippen molar-refractivity contribution in [1.82, 2.24) is 4.90 Å². The van der Waals surface area contributed by atoms with Crippen molar-refractivity contribution >= 4 is 46.6 Å². The van der Waals surface area contributed by atoms with Gasteiger partial charge in [-0.25, -0.2) is 0 Å². The van der Waals surface area contributed by atoms with Gasteiger partial charge in [-0.2, -0.15) is 0 Å². The average molecular weight is 381 g/mol. The fraction of sp³-hybridized carbons (Fsp3) is 0.389. The summed E-state index contributed by atoms with van der Waals surface area (Å²) in [4.78, 5) is 38.0. The molecule has 1 aliphatic carbocycles. The average Bonchev–Trinajstić information content (AvgIpc) is 2.83. The van der Waals surface area contributed by atoms with E-state index in [0.717, 1.165) is 0 Å². The zero-order valence-electron chi connectivity index (χ0n) is 13.5. The van der Waals surface area contributed by atoms with E-state index >= 15 is 0 Å². The third-order valence-electron chi connectivity index (χ3n) is 4.59. The van der Waals surface area contributed by atoms with E-state index in [0.29, 0.717) is 35.0 Å². The molecule has 7 heteroatoms. The van der Waals surface area contributed by atoms with Crippen LogP contribution in [0, 0.1) is 11.8 Å². The minimum absolute atomic E-state index is 0.107. The summed E-state index contributed by atoms with van der Waals surface area (Å²) in [5.41, 5.74) is 0.560. The third-order valence-corrected chi connectivity index (χ3v) is 5.33. The smallest absolute Gasteiger partial charge is 0.233 e. The number of rotatable bonds is 5. The quantitative estimate of drug-likeness (QED) is 0.625. The van der Waals surface area contributed by atoms with Crippen LogP contribution in [0.2, 0.25) is 10.0 Å². The number of carbonyl (C=O) groups is 3. The monoisotopic (exact) mass is 380 g/mol. The molecule has 1 aromatic carbocycles. The number of anilines is 1. The maximum absolute atomic E-state index is 12.3. The van der Waals surface area contributed by atoms with E-state index in [4.69, 9.17) is 23.2 Å². The van der Waals surface area contributed by atoms with Crippen LogP contribution in [0.15, 0.2) is 30.4 Å². The van der Waals surface area contributed by atoms with Gasteiger partial charge < -0.3 is 5.32 Å². The molecule has 5 nitrogen and oxygen atoms in total. The Balaban J connectivity index is 1.49. The van der Waals surface area contributed by atoms with Gasteiger partial charge in [0.05, 0.1) is 21.9 Å². The number of nitrogens with zero attached hydrogens (tertiary/aromatic N) is 1. The van der Waals surface area contributed by atoms with Crippen LogP contribution in [0.3, 0.4) is 0 Å². The van der Waals surface area contributed by atoms with Crippen LogP contribution < -0.4 is 5.32 Å². The van der Waals surface area contributed by atoms with E-state index in [1.54, 1.807) is 18.2 Å². The molecule has 1 aliphatic heterocycles. The molecular weight excluding hydrogens is 363 g/mol. The molecule has 25 heavy (non-hydrogen) atoms. The number of fused-ring (bicyclic) bond motifs is 1. The second-order valence-corrected chi connectivity index (χ2v) is 7.08. The van der Waals surface area contributed by atoms with Gasteiger partial charge in [-0.3, -0.25) is 19.3 Å². The largest absolute Gasteiger partial charge is 0.326 e. The summed E-state index contributed by atoms with van der Waals surface area (Å²) in [6, 6.07) is 4.85. The van der Waals surface area contributed by atoms with Crippen molar-refractivity contribution in [3.05, 3.63) is 40.4 Å². The number of allylic oxidation sites excluding steroid dienone is 2. The molecule has 0 bridgehead atoms. The number of carbonyl (C=O) groups excluding carboxylic acids is 3. The predicted octanol–water partition coefficient (Wildman–Crippen LogP) is 3.66. The van der Waals surface area contributed by atoms with E-state index in [1.807, 2.05) is 12.2 Å². The Bertz CT molecular complexity index is 722. The lowest BCUT2D eigenvalue weighted by atomic mass is 9.85. The van der Waals surface area contributed by atoms with Crippen LogP contribution in [-0.2, 0) is 14.4 Å². The number of halogens is 2. The van der Waals surface area contributed by atoms with Gasteiger partial charge in [-0.15, -0.1) is 0 Å². The predicted molar refractivity (Wildman–Crippen MR) is 96.4 cm³/mol. The van der Waals surface area contributed by atoms with Gasteiger partial charge in [0.25, 0.3) is 0 Å². The van der Waals surface area contributed by atoms with Crippen molar-refractivity contribution in [2.45, 2.75) is 25.7 Å². The maximum Gasteiger partial charge on any atom is 0.233 e. The third kappa shape index (κ3) is 3.88. The Morgan fingerprint density at radius 1 is 1.08 bits per heavy atom. The van der Waals surface area contributed by atoms with Gasteiger partial charge in [0.15, 0.2) is 0 Å². The van der Waals surface area contributed by atoms with Gasteiger partial charge in [-0.05, 0) is 37.5 Å². The number of hydrogen-bond donors (Lipinski definition) is 1. The number of hydrogen-bond acceptors (Lipinski definition) is 3. The first-order valence-electron chi connectivity index (χ1n) is 8.22. The molecule has 3 amide bonds. The summed E-state index contributed by atoms with van der Waals surface area (Å²) in [6.45, 7) is 0.277. The zero-order valence-corrected chi connectivity index (χ0v) is 15.0. The summed E-state index contributed by atoms with van der Waals surface area (Å²) in [6.07, 6.45) is 5.82. The molecule has 1 heterocycles. The number of imide groups is 1. The van der Waals surface area contributed by atoms with E-state index in [9.17, 15) is 14.4 Å². The molecule has 1 N–H and O–H groups in total. The minimum Gasteiger partial charge on any atom is -0.326 e. The van der Waals surface area contributed by atoms with Gasteiger partial charge in [0.2, 0.25) is 17.7 Å². The van der Waals surface area contributed by atoms with Crippen LogP contribution in [-0.4, -0.2) is 29.2 Å². The Morgan fingerprint density at radius 2 is 1.72 bits per heavy atom. The number of benzene rings is 1. The van der Waals surface area contributed by atoms with Crippen molar-refractivity contribution in [3.8, 4) is 0 Å². The highest BCUT2D eigenvalue weighted by Gasteiger charge is 2.46. The number of nitrogens with one attached hydrogen (secondary N) is 1. The lowest BCUT2D eigenvalue weighted by Gasteiger charge is -2.14. The van der Waals surface area contributed by atoms with E-state index in [1.165, 1.54) is 4.90 Å². The summed E-state index contributed by atoms with van der Waals surface area (Å²) >= 11 is 11.7. The van der Waals surface area contributed by atoms with Crippen molar-refractivity contribution in [2.24, 2.45) is 11.8 Å². The zero-order chi connectivity index (χ0) is 18.0. The second kappa shape index (κ2) is 7.58. The normalized spacial score (nSPS) is 22.2. The first-order valence-corrected chi connectivity index (χ1v) is 8.98. The molecule has 1 saturated heterocycles. The highest BCUT2D eigenvalue weighted by atomic mass is 35.5. The molecule has 0 unspecified atom stereocenters. The van der Waals surface area contributed by atoms with Crippen molar-refractivity contribution in [2.75, 3.05) is 11.9 Å². The lowest BCUT2D eigenvalue weighted by Crippen LogP contribution is -2.32. The standard InChI is InChI=1S/C18H18Cl2N2O3/c19-14-8-7-11(10-15(14)20)21-16(23)6-3-9-22-17(24)12-4-1-2-5-13(12)18(22)25/h1-2,7-8,10,12-13H,3-6,9H2,(H,21,23)/t12-,13-/m0/s1. The molecular formula is C18H18Cl2N2O3. The lowest BCUT2D eigenvalue weighted by molar-refractivity contribution is -0.140. The second-order valence-electron chi connectivity index (χ2n) is 6.26. The van der Waals surface area contributed by atoms with Crippen LogP contribution in [0.4, 0.5) is 5.69 Å². The SMILES string of the molecule is O=C(CCCN1C(=O)[C@H]2CC=CC[C@@H]2C1=O)Nc1ccc(Cl)c(Cl)c1. The Labute approximate surface area is 156 Å². The van der Waals surface area contributed by atoms with Crippen molar-refractivity contribution < 1.29 is 14.4 Å². The molecule has 2 aliphatic rings. The molecule has 0 saturated carbocycles. The van der Waals surface area contributed by atoms with Gasteiger partial charge >= 0.3 is 0 Å². The maximum atomic E-state index is 12.3.